The zero-order valence-corrected chi connectivity index (χ0v) is 5.52. The lowest BCUT2D eigenvalue weighted by Crippen LogP contribution is -2.31. The van der Waals surface area contributed by atoms with Gasteiger partial charge in [0.15, 0.2) is 6.23 Å². The third-order valence-corrected chi connectivity index (χ3v) is 2.12. The predicted octanol–water partition coefficient (Wildman–Crippen LogP) is 0.896. The second-order valence-corrected chi connectivity index (χ2v) is 2.77. The molecule has 0 aromatic carbocycles. The fourth-order valence-electron chi connectivity index (χ4n) is 1.59. The summed E-state index contributed by atoms with van der Waals surface area (Å²) < 4.78 is 5.36. The summed E-state index contributed by atoms with van der Waals surface area (Å²) in [6.45, 7) is 2.05. The zero-order valence-electron chi connectivity index (χ0n) is 5.52. The Kier molecular flexibility index (Phi) is 1.44. The molecule has 9 heavy (non-hydrogen) atoms. The standard InChI is InChI=1S/C7H12NO/c1-2-6-3-5-9-7(6)8-4-1/h6,8H,1-5H2. The Hall–Kier alpha value is -0.0800. The molecule has 1 unspecified atom stereocenters. The predicted molar refractivity (Wildman–Crippen MR) is 34.5 cm³/mol. The summed E-state index contributed by atoms with van der Waals surface area (Å²) >= 11 is 0. The van der Waals surface area contributed by atoms with Gasteiger partial charge in [-0.25, -0.2) is 0 Å². The summed E-state index contributed by atoms with van der Waals surface area (Å²) in [7, 11) is 0. The van der Waals surface area contributed by atoms with Gasteiger partial charge in [-0.1, -0.05) is 0 Å². The van der Waals surface area contributed by atoms with Crippen molar-refractivity contribution >= 4 is 0 Å². The summed E-state index contributed by atoms with van der Waals surface area (Å²) in [4.78, 5) is 0. The summed E-state index contributed by atoms with van der Waals surface area (Å²) in [6, 6.07) is 0. The van der Waals surface area contributed by atoms with Crippen LogP contribution in [-0.2, 0) is 4.74 Å². The molecule has 0 aromatic rings. The topological polar surface area (TPSA) is 21.3 Å². The van der Waals surface area contributed by atoms with Crippen molar-refractivity contribution < 1.29 is 4.74 Å². The van der Waals surface area contributed by atoms with Crippen LogP contribution in [0.3, 0.4) is 0 Å². The van der Waals surface area contributed by atoms with Crippen LogP contribution in [0.15, 0.2) is 0 Å². The van der Waals surface area contributed by atoms with Crippen molar-refractivity contribution in [3.8, 4) is 0 Å². The first-order valence-electron chi connectivity index (χ1n) is 3.70. The van der Waals surface area contributed by atoms with Gasteiger partial charge in [0, 0.05) is 12.5 Å². The molecule has 0 aliphatic carbocycles. The van der Waals surface area contributed by atoms with Crippen molar-refractivity contribution in [1.82, 2.24) is 5.32 Å². The average molecular weight is 126 g/mol. The molecule has 2 rings (SSSR count). The Morgan fingerprint density at radius 3 is 3.33 bits per heavy atom. The minimum atomic E-state index is 0.749. The Balaban J connectivity index is 1.97. The molecule has 1 atom stereocenters. The summed E-state index contributed by atoms with van der Waals surface area (Å²) in [5.74, 6) is 0.749. The third-order valence-electron chi connectivity index (χ3n) is 2.12. The van der Waals surface area contributed by atoms with Crippen molar-refractivity contribution in [3.63, 3.8) is 0 Å². The Morgan fingerprint density at radius 1 is 1.44 bits per heavy atom. The lowest BCUT2D eigenvalue weighted by atomic mass is 9.97. The number of hydrogen-bond donors (Lipinski definition) is 1. The molecule has 2 aliphatic rings. The number of piperidine rings is 1. The second kappa shape index (κ2) is 2.27. The van der Waals surface area contributed by atoms with Crippen LogP contribution < -0.4 is 5.32 Å². The fraction of sp³-hybridized carbons (Fsp3) is 0.857. The Labute approximate surface area is 55.6 Å². The molecule has 1 radical (unpaired) electrons. The van der Waals surface area contributed by atoms with Crippen molar-refractivity contribution in [2.75, 3.05) is 13.2 Å². The van der Waals surface area contributed by atoms with Gasteiger partial charge in [0.25, 0.3) is 0 Å². The molecule has 0 saturated carbocycles. The van der Waals surface area contributed by atoms with Gasteiger partial charge in [0.1, 0.15) is 0 Å². The molecule has 2 saturated heterocycles. The van der Waals surface area contributed by atoms with E-state index in [0.717, 1.165) is 19.1 Å². The van der Waals surface area contributed by atoms with Gasteiger partial charge in [-0.3, -0.25) is 5.32 Å². The van der Waals surface area contributed by atoms with Gasteiger partial charge in [-0.2, -0.15) is 0 Å². The SMILES string of the molecule is C1CN[C]2OCCC2C1. The lowest BCUT2D eigenvalue weighted by Gasteiger charge is -2.23. The van der Waals surface area contributed by atoms with E-state index in [-0.39, 0.29) is 0 Å². The Bertz CT molecular complexity index is 93.1. The van der Waals surface area contributed by atoms with E-state index in [1.807, 2.05) is 0 Å². The Morgan fingerprint density at radius 2 is 2.44 bits per heavy atom. The van der Waals surface area contributed by atoms with E-state index in [1.54, 1.807) is 0 Å². The average Bonchev–Trinajstić information content (AvgIpc) is 2.33. The summed E-state index contributed by atoms with van der Waals surface area (Å²) in [6.07, 6.45) is 5.06. The van der Waals surface area contributed by atoms with Crippen LogP contribution in [0.25, 0.3) is 0 Å². The monoisotopic (exact) mass is 126 g/mol. The minimum Gasteiger partial charge on any atom is -0.356 e. The quantitative estimate of drug-likeness (QED) is 0.520. The first kappa shape index (κ1) is 5.69. The van der Waals surface area contributed by atoms with Gasteiger partial charge in [-0.15, -0.1) is 0 Å². The first-order chi connectivity index (χ1) is 4.47. The number of fused-ring (bicyclic) bond motifs is 1. The van der Waals surface area contributed by atoms with E-state index in [9.17, 15) is 0 Å². The summed E-state index contributed by atoms with van der Waals surface area (Å²) in [5.41, 5.74) is 0. The van der Waals surface area contributed by atoms with Crippen LogP contribution in [-0.4, -0.2) is 13.2 Å². The first-order valence-corrected chi connectivity index (χ1v) is 3.70. The lowest BCUT2D eigenvalue weighted by molar-refractivity contribution is 0.145. The highest BCUT2D eigenvalue weighted by molar-refractivity contribution is 4.92. The van der Waals surface area contributed by atoms with E-state index in [0.29, 0.717) is 0 Å². The van der Waals surface area contributed by atoms with Crippen LogP contribution in [0.5, 0.6) is 0 Å². The minimum absolute atomic E-state index is 0.749. The number of rotatable bonds is 0. The van der Waals surface area contributed by atoms with Gasteiger partial charge >= 0.3 is 0 Å². The maximum Gasteiger partial charge on any atom is 0.165 e. The van der Waals surface area contributed by atoms with Crippen LogP contribution in [0, 0.1) is 12.1 Å². The van der Waals surface area contributed by atoms with Crippen molar-refractivity contribution in [2.24, 2.45) is 5.92 Å². The largest absolute Gasteiger partial charge is 0.356 e. The van der Waals surface area contributed by atoms with Gasteiger partial charge < -0.3 is 4.74 Å². The highest BCUT2D eigenvalue weighted by atomic mass is 16.5. The zero-order chi connectivity index (χ0) is 6.10. The van der Waals surface area contributed by atoms with E-state index >= 15 is 0 Å². The highest BCUT2D eigenvalue weighted by Crippen LogP contribution is 2.31. The van der Waals surface area contributed by atoms with Crippen LogP contribution in [0.2, 0.25) is 0 Å². The van der Waals surface area contributed by atoms with Crippen molar-refractivity contribution in [2.45, 2.75) is 19.3 Å². The maximum absolute atomic E-state index is 5.36. The third kappa shape index (κ3) is 0.970. The normalized spacial score (nSPS) is 36.7. The highest BCUT2D eigenvalue weighted by Gasteiger charge is 2.31. The van der Waals surface area contributed by atoms with Crippen molar-refractivity contribution in [3.05, 3.63) is 6.23 Å². The maximum atomic E-state index is 5.36. The molecule has 2 aliphatic heterocycles. The number of ether oxygens (including phenoxy) is 1. The van der Waals surface area contributed by atoms with Gasteiger partial charge in [-0.05, 0) is 25.8 Å². The molecule has 0 amide bonds. The second-order valence-electron chi connectivity index (χ2n) is 2.77. The fourth-order valence-corrected chi connectivity index (χ4v) is 1.59. The smallest absolute Gasteiger partial charge is 0.165 e. The van der Waals surface area contributed by atoms with Gasteiger partial charge in [0.2, 0.25) is 0 Å². The molecule has 0 aromatic heterocycles. The molecule has 1 N–H and O–H groups in total. The van der Waals surface area contributed by atoms with Crippen LogP contribution in [0.1, 0.15) is 19.3 Å². The molecule has 0 spiro atoms. The molecule has 0 bridgehead atoms. The molecular formula is C7H12NO. The molecule has 2 fully saturated rings. The number of hydrogen-bond acceptors (Lipinski definition) is 2. The molecule has 51 valence electrons. The molecule has 2 heterocycles. The molecule has 2 heteroatoms. The number of nitrogens with one attached hydrogen (secondary N) is 1. The van der Waals surface area contributed by atoms with E-state index in [4.69, 9.17) is 4.74 Å². The van der Waals surface area contributed by atoms with Crippen LogP contribution in [0.4, 0.5) is 0 Å². The summed E-state index contributed by atoms with van der Waals surface area (Å²) in [5, 5.41) is 3.28. The van der Waals surface area contributed by atoms with E-state index < -0.39 is 0 Å². The van der Waals surface area contributed by atoms with E-state index in [1.165, 1.54) is 25.5 Å². The van der Waals surface area contributed by atoms with Crippen LogP contribution >= 0.6 is 0 Å². The van der Waals surface area contributed by atoms with Crippen molar-refractivity contribution in [1.29, 1.82) is 0 Å². The van der Waals surface area contributed by atoms with Gasteiger partial charge in [0.05, 0.1) is 0 Å². The molecule has 2 nitrogen and oxygen atoms in total. The van der Waals surface area contributed by atoms with E-state index in [2.05, 4.69) is 5.32 Å². The molecular weight excluding hydrogens is 114 g/mol.